The highest BCUT2D eigenvalue weighted by atomic mass is 16.6. The Morgan fingerprint density at radius 2 is 2.05 bits per heavy atom. The Balaban J connectivity index is 2.42. The van der Waals surface area contributed by atoms with Crippen molar-refractivity contribution in [1.29, 1.82) is 0 Å². The average molecular weight is 273 g/mol. The van der Waals surface area contributed by atoms with Crippen LogP contribution >= 0.6 is 0 Å². The van der Waals surface area contributed by atoms with Crippen LogP contribution in [0.15, 0.2) is 29.3 Å². The van der Waals surface area contributed by atoms with Crippen LogP contribution in [-0.2, 0) is 0 Å². The number of dihydropyridines is 1. The van der Waals surface area contributed by atoms with E-state index in [1.807, 2.05) is 12.1 Å². The molecule has 106 valence electrons. The number of nitro groups is 1. The number of nitrogen functional groups attached to an aromatic ring is 1. The van der Waals surface area contributed by atoms with Gasteiger partial charge < -0.3 is 5.73 Å². The molecule has 1 aliphatic heterocycles. The van der Waals surface area contributed by atoms with Crippen LogP contribution in [0.2, 0.25) is 0 Å². The Bertz CT molecular complexity index is 610. The smallest absolute Gasteiger partial charge is 0.292 e. The number of hydrogen-bond donors (Lipinski definition) is 1. The number of nitrogens with zero attached hydrogens (tertiary/aromatic N) is 2. The Morgan fingerprint density at radius 3 is 2.65 bits per heavy atom. The second-order valence-corrected chi connectivity index (χ2v) is 5.97. The summed E-state index contributed by atoms with van der Waals surface area (Å²) in [5.74, 6) is 0. The zero-order chi connectivity index (χ0) is 14.9. The maximum Gasteiger partial charge on any atom is 0.292 e. The van der Waals surface area contributed by atoms with Crippen molar-refractivity contribution in [2.45, 2.75) is 27.2 Å². The Morgan fingerprint density at radius 1 is 1.35 bits per heavy atom. The summed E-state index contributed by atoms with van der Waals surface area (Å²) < 4.78 is 0. The molecule has 0 aromatic heterocycles. The van der Waals surface area contributed by atoms with E-state index in [0.29, 0.717) is 0 Å². The first-order valence-electron chi connectivity index (χ1n) is 6.59. The lowest BCUT2D eigenvalue weighted by Gasteiger charge is -2.23. The van der Waals surface area contributed by atoms with Gasteiger partial charge in [-0.2, -0.15) is 0 Å². The van der Waals surface area contributed by atoms with E-state index in [1.54, 1.807) is 12.1 Å². The summed E-state index contributed by atoms with van der Waals surface area (Å²) in [6.07, 6.45) is 2.83. The number of allylic oxidation sites excluding steroid dienone is 1. The van der Waals surface area contributed by atoms with Crippen LogP contribution in [0.5, 0.6) is 0 Å². The molecule has 0 saturated heterocycles. The summed E-state index contributed by atoms with van der Waals surface area (Å²) in [4.78, 5) is 15.1. The molecule has 1 aliphatic rings. The van der Waals surface area contributed by atoms with Gasteiger partial charge >= 0.3 is 0 Å². The van der Waals surface area contributed by atoms with Crippen molar-refractivity contribution >= 4 is 22.7 Å². The highest BCUT2D eigenvalue weighted by Crippen LogP contribution is 2.31. The molecule has 2 rings (SSSR count). The van der Waals surface area contributed by atoms with Crippen molar-refractivity contribution in [1.82, 2.24) is 0 Å². The fourth-order valence-electron chi connectivity index (χ4n) is 2.16. The van der Waals surface area contributed by atoms with E-state index >= 15 is 0 Å². The molecule has 1 heterocycles. The molecule has 1 aromatic rings. The van der Waals surface area contributed by atoms with Crippen LogP contribution in [0.25, 0.3) is 5.57 Å². The van der Waals surface area contributed by atoms with Crippen LogP contribution in [0, 0.1) is 15.5 Å². The number of anilines is 1. The van der Waals surface area contributed by atoms with Crippen molar-refractivity contribution < 1.29 is 4.92 Å². The van der Waals surface area contributed by atoms with Gasteiger partial charge in [0.1, 0.15) is 5.69 Å². The van der Waals surface area contributed by atoms with Crippen LogP contribution in [0.1, 0.15) is 32.8 Å². The predicted molar refractivity (Wildman–Crippen MR) is 81.9 cm³/mol. The average Bonchev–Trinajstić information content (AvgIpc) is 2.38. The minimum absolute atomic E-state index is 0.0224. The minimum Gasteiger partial charge on any atom is -0.393 e. The third kappa shape index (κ3) is 2.87. The van der Waals surface area contributed by atoms with Gasteiger partial charge in [0.05, 0.1) is 4.92 Å². The molecule has 0 atom stereocenters. The van der Waals surface area contributed by atoms with Crippen LogP contribution < -0.4 is 5.73 Å². The van der Waals surface area contributed by atoms with E-state index in [-0.39, 0.29) is 16.8 Å². The third-order valence-corrected chi connectivity index (χ3v) is 3.34. The molecule has 0 aliphatic carbocycles. The van der Waals surface area contributed by atoms with Gasteiger partial charge in [0.25, 0.3) is 5.69 Å². The minimum atomic E-state index is -0.443. The highest BCUT2D eigenvalue weighted by molar-refractivity contribution is 6.05. The van der Waals surface area contributed by atoms with Gasteiger partial charge in [0.2, 0.25) is 0 Å². The number of nitrogens with two attached hydrogens (primary N) is 1. The molecular formula is C15H19N3O2. The first-order valence-corrected chi connectivity index (χ1v) is 6.59. The SMILES string of the molecule is CC(C)(C)C1=NCCC(c2ccc(N)c([N+](=O)[O-])c2)=C1. The summed E-state index contributed by atoms with van der Waals surface area (Å²) in [5.41, 5.74) is 8.72. The number of nitro benzene ring substituents is 1. The summed E-state index contributed by atoms with van der Waals surface area (Å²) in [7, 11) is 0. The molecule has 0 fully saturated rings. The second kappa shape index (κ2) is 5.07. The third-order valence-electron chi connectivity index (χ3n) is 3.34. The number of rotatable bonds is 2. The molecule has 0 saturated carbocycles. The molecule has 0 amide bonds. The first-order chi connectivity index (χ1) is 9.29. The zero-order valence-electron chi connectivity index (χ0n) is 12.0. The molecule has 0 spiro atoms. The van der Waals surface area contributed by atoms with Gasteiger partial charge in [-0.3, -0.25) is 15.1 Å². The van der Waals surface area contributed by atoms with E-state index < -0.39 is 4.92 Å². The zero-order valence-corrected chi connectivity index (χ0v) is 12.0. The predicted octanol–water partition coefficient (Wildman–Crippen LogP) is 3.45. The number of aliphatic imine (C=N–C) groups is 1. The van der Waals surface area contributed by atoms with E-state index in [0.717, 1.165) is 29.8 Å². The Kier molecular flexibility index (Phi) is 3.61. The molecular weight excluding hydrogens is 254 g/mol. The summed E-state index contributed by atoms with van der Waals surface area (Å²) >= 11 is 0. The normalized spacial score (nSPS) is 15.6. The lowest BCUT2D eigenvalue weighted by molar-refractivity contribution is -0.383. The van der Waals surface area contributed by atoms with Crippen molar-refractivity contribution in [2.75, 3.05) is 12.3 Å². The first kappa shape index (κ1) is 14.2. The molecule has 5 heteroatoms. The summed E-state index contributed by atoms with van der Waals surface area (Å²) in [6.45, 7) is 7.04. The van der Waals surface area contributed by atoms with Crippen LogP contribution in [-0.4, -0.2) is 17.2 Å². The van der Waals surface area contributed by atoms with Gasteiger partial charge in [-0.1, -0.05) is 26.8 Å². The van der Waals surface area contributed by atoms with Crippen molar-refractivity contribution in [3.8, 4) is 0 Å². The van der Waals surface area contributed by atoms with Crippen LogP contribution in [0.3, 0.4) is 0 Å². The lowest BCUT2D eigenvalue weighted by atomic mass is 9.85. The Hall–Kier alpha value is -2.17. The van der Waals surface area contributed by atoms with Crippen molar-refractivity contribution in [3.05, 3.63) is 40.0 Å². The van der Waals surface area contributed by atoms with Gasteiger partial charge in [-0.25, -0.2) is 0 Å². The maximum atomic E-state index is 11.0. The fraction of sp³-hybridized carbons (Fsp3) is 0.400. The standard InChI is InChI=1S/C15H19N3O2/c1-15(2,3)14-9-11(6-7-17-14)10-4-5-12(16)13(8-10)18(19)20/h4-5,8-9H,6-7,16H2,1-3H3. The van der Waals surface area contributed by atoms with Crippen LogP contribution in [0.4, 0.5) is 11.4 Å². The molecule has 0 radical (unpaired) electrons. The Labute approximate surface area is 118 Å². The van der Waals surface area contributed by atoms with Gasteiger partial charge in [0, 0.05) is 23.7 Å². The van der Waals surface area contributed by atoms with Crippen molar-refractivity contribution in [2.24, 2.45) is 10.4 Å². The van der Waals surface area contributed by atoms with Gasteiger partial charge in [0.15, 0.2) is 0 Å². The summed E-state index contributed by atoms with van der Waals surface area (Å²) in [5, 5.41) is 11.0. The largest absolute Gasteiger partial charge is 0.393 e. The summed E-state index contributed by atoms with van der Waals surface area (Å²) in [6, 6.07) is 4.98. The van der Waals surface area contributed by atoms with E-state index in [2.05, 4.69) is 25.8 Å². The van der Waals surface area contributed by atoms with E-state index in [4.69, 9.17) is 5.73 Å². The quantitative estimate of drug-likeness (QED) is 0.509. The van der Waals surface area contributed by atoms with Gasteiger partial charge in [-0.15, -0.1) is 0 Å². The monoisotopic (exact) mass is 273 g/mol. The molecule has 20 heavy (non-hydrogen) atoms. The highest BCUT2D eigenvalue weighted by Gasteiger charge is 2.21. The molecule has 0 unspecified atom stereocenters. The van der Waals surface area contributed by atoms with E-state index in [1.165, 1.54) is 0 Å². The molecule has 0 bridgehead atoms. The van der Waals surface area contributed by atoms with E-state index in [9.17, 15) is 10.1 Å². The molecule has 1 aromatic carbocycles. The fourth-order valence-corrected chi connectivity index (χ4v) is 2.16. The number of benzene rings is 1. The topological polar surface area (TPSA) is 81.5 Å². The van der Waals surface area contributed by atoms with Gasteiger partial charge in [-0.05, 0) is 29.7 Å². The maximum absolute atomic E-state index is 11.0. The molecule has 5 nitrogen and oxygen atoms in total. The van der Waals surface area contributed by atoms with Crippen molar-refractivity contribution in [3.63, 3.8) is 0 Å². The second-order valence-electron chi connectivity index (χ2n) is 5.97. The lowest BCUT2D eigenvalue weighted by Crippen LogP contribution is -2.21. The molecule has 2 N–H and O–H groups in total. The number of hydrogen-bond acceptors (Lipinski definition) is 4.